The highest BCUT2D eigenvalue weighted by Crippen LogP contribution is 2.36. The Bertz CT molecular complexity index is 348. The molecular formula is C16H22. The van der Waals surface area contributed by atoms with Crippen molar-refractivity contribution in [1.82, 2.24) is 0 Å². The molecule has 0 saturated carbocycles. The van der Waals surface area contributed by atoms with Crippen molar-refractivity contribution in [2.45, 2.75) is 65.2 Å². The van der Waals surface area contributed by atoms with E-state index in [0.717, 1.165) is 0 Å². The molecule has 1 aromatic rings. The Labute approximate surface area is 99.1 Å². The van der Waals surface area contributed by atoms with E-state index >= 15 is 0 Å². The average molecular weight is 214 g/mol. The van der Waals surface area contributed by atoms with Crippen LogP contribution < -0.4 is 0 Å². The molecule has 86 valence electrons. The van der Waals surface area contributed by atoms with Gasteiger partial charge < -0.3 is 0 Å². The van der Waals surface area contributed by atoms with Crippen LogP contribution in [0.5, 0.6) is 0 Å². The second kappa shape index (κ2) is 3.91. The van der Waals surface area contributed by atoms with Gasteiger partial charge in [-0.05, 0) is 98.6 Å². The van der Waals surface area contributed by atoms with Gasteiger partial charge >= 0.3 is 0 Å². The molecule has 0 aromatic heterocycles. The molecule has 1 aromatic carbocycles. The molecule has 0 radical (unpaired) electrons. The third-order valence-corrected chi connectivity index (χ3v) is 4.75. The minimum atomic E-state index is 1.34. The van der Waals surface area contributed by atoms with Crippen LogP contribution in [0.3, 0.4) is 0 Å². The van der Waals surface area contributed by atoms with Gasteiger partial charge in [0.1, 0.15) is 0 Å². The van der Waals surface area contributed by atoms with Crippen molar-refractivity contribution in [2.24, 2.45) is 0 Å². The van der Waals surface area contributed by atoms with Gasteiger partial charge in [-0.25, -0.2) is 0 Å². The molecule has 2 aliphatic rings. The topological polar surface area (TPSA) is 0 Å². The Hall–Kier alpha value is -0.780. The number of rotatable bonds is 0. The molecule has 0 amide bonds. The maximum absolute atomic E-state index is 2.38. The van der Waals surface area contributed by atoms with E-state index < -0.39 is 0 Å². The standard InChI is InChI=1S/C16H22/c1-11-13-7-3-5-9-15(13)12(2)16-10-6-4-8-14(11)16/h3-10H2,1-2H3. The lowest BCUT2D eigenvalue weighted by molar-refractivity contribution is 0.645. The van der Waals surface area contributed by atoms with Gasteiger partial charge in [-0.2, -0.15) is 0 Å². The Balaban J connectivity index is 2.24. The molecule has 0 heteroatoms. The van der Waals surface area contributed by atoms with Crippen molar-refractivity contribution in [3.8, 4) is 0 Å². The van der Waals surface area contributed by atoms with Gasteiger partial charge in [-0.15, -0.1) is 0 Å². The van der Waals surface area contributed by atoms with Crippen molar-refractivity contribution in [1.29, 1.82) is 0 Å². The fraction of sp³-hybridized carbons (Fsp3) is 0.625. The smallest absolute Gasteiger partial charge is 0.0273 e. The normalized spacial score (nSPS) is 19.1. The van der Waals surface area contributed by atoms with Gasteiger partial charge in [0.05, 0.1) is 0 Å². The highest BCUT2D eigenvalue weighted by molar-refractivity contribution is 5.52. The van der Waals surface area contributed by atoms with Crippen LogP contribution in [0.4, 0.5) is 0 Å². The zero-order valence-corrected chi connectivity index (χ0v) is 10.7. The van der Waals surface area contributed by atoms with E-state index in [-0.39, 0.29) is 0 Å². The second-order valence-electron chi connectivity index (χ2n) is 5.58. The molecule has 2 aliphatic carbocycles. The quantitative estimate of drug-likeness (QED) is 0.611. The predicted molar refractivity (Wildman–Crippen MR) is 69.2 cm³/mol. The van der Waals surface area contributed by atoms with Gasteiger partial charge in [-0.3, -0.25) is 0 Å². The van der Waals surface area contributed by atoms with Crippen molar-refractivity contribution >= 4 is 0 Å². The highest BCUT2D eigenvalue weighted by Gasteiger charge is 2.22. The molecule has 0 N–H and O–H groups in total. The van der Waals surface area contributed by atoms with Crippen LogP contribution in [-0.4, -0.2) is 0 Å². The molecule has 0 spiro atoms. The van der Waals surface area contributed by atoms with Gasteiger partial charge in [0.25, 0.3) is 0 Å². The molecule has 0 aliphatic heterocycles. The molecule has 0 fully saturated rings. The van der Waals surface area contributed by atoms with E-state index in [1.807, 2.05) is 0 Å². The molecule has 0 unspecified atom stereocenters. The molecule has 0 bridgehead atoms. The Morgan fingerprint density at radius 1 is 0.500 bits per heavy atom. The summed E-state index contributed by atoms with van der Waals surface area (Å²) in [6.45, 7) is 4.77. The fourth-order valence-corrected chi connectivity index (χ4v) is 3.83. The van der Waals surface area contributed by atoms with Gasteiger partial charge in [0, 0.05) is 0 Å². The number of benzene rings is 1. The fourth-order valence-electron chi connectivity index (χ4n) is 3.83. The van der Waals surface area contributed by atoms with E-state index in [2.05, 4.69) is 13.8 Å². The van der Waals surface area contributed by atoms with E-state index in [1.165, 1.54) is 51.4 Å². The minimum Gasteiger partial charge on any atom is -0.0489 e. The zero-order valence-electron chi connectivity index (χ0n) is 10.7. The minimum absolute atomic E-state index is 1.34. The van der Waals surface area contributed by atoms with Crippen molar-refractivity contribution < 1.29 is 0 Å². The molecule has 3 rings (SSSR count). The second-order valence-corrected chi connectivity index (χ2v) is 5.58. The van der Waals surface area contributed by atoms with Crippen LogP contribution in [0, 0.1) is 13.8 Å². The van der Waals surface area contributed by atoms with Crippen molar-refractivity contribution in [3.05, 3.63) is 33.4 Å². The maximum atomic E-state index is 2.38. The number of hydrogen-bond acceptors (Lipinski definition) is 0. The molecular weight excluding hydrogens is 192 g/mol. The van der Waals surface area contributed by atoms with E-state index in [1.54, 1.807) is 33.4 Å². The van der Waals surface area contributed by atoms with Gasteiger partial charge in [0.15, 0.2) is 0 Å². The van der Waals surface area contributed by atoms with E-state index in [0.29, 0.717) is 0 Å². The van der Waals surface area contributed by atoms with Crippen LogP contribution in [-0.2, 0) is 25.7 Å². The SMILES string of the molecule is Cc1c2c(c(C)c3c1CCCC3)CCCC2. The Kier molecular flexibility index (Phi) is 2.53. The summed E-state index contributed by atoms with van der Waals surface area (Å²) < 4.78 is 0. The Morgan fingerprint density at radius 3 is 1.00 bits per heavy atom. The summed E-state index contributed by atoms with van der Waals surface area (Å²) in [6.07, 6.45) is 11.0. The van der Waals surface area contributed by atoms with Gasteiger partial charge in [-0.1, -0.05) is 0 Å². The molecule has 0 saturated heterocycles. The summed E-state index contributed by atoms with van der Waals surface area (Å²) in [4.78, 5) is 0. The first-order chi connectivity index (χ1) is 7.79. The van der Waals surface area contributed by atoms with E-state index in [9.17, 15) is 0 Å². The van der Waals surface area contributed by atoms with Crippen LogP contribution in [0.25, 0.3) is 0 Å². The first kappa shape index (κ1) is 10.4. The van der Waals surface area contributed by atoms with Crippen molar-refractivity contribution in [3.63, 3.8) is 0 Å². The third-order valence-electron chi connectivity index (χ3n) is 4.75. The highest BCUT2D eigenvalue weighted by atomic mass is 14.3. The summed E-state index contributed by atoms with van der Waals surface area (Å²) in [5, 5.41) is 0. The van der Waals surface area contributed by atoms with Crippen LogP contribution in [0.1, 0.15) is 59.1 Å². The van der Waals surface area contributed by atoms with Crippen LogP contribution >= 0.6 is 0 Å². The molecule has 0 heterocycles. The summed E-state index contributed by atoms with van der Waals surface area (Å²) in [5.41, 5.74) is 10.2. The van der Waals surface area contributed by atoms with Crippen LogP contribution in [0.15, 0.2) is 0 Å². The largest absolute Gasteiger partial charge is 0.0489 e. The number of hydrogen-bond donors (Lipinski definition) is 0. The summed E-state index contributed by atoms with van der Waals surface area (Å²) >= 11 is 0. The first-order valence-corrected chi connectivity index (χ1v) is 6.91. The first-order valence-electron chi connectivity index (χ1n) is 6.91. The van der Waals surface area contributed by atoms with Gasteiger partial charge in [0.2, 0.25) is 0 Å². The molecule has 0 nitrogen and oxygen atoms in total. The summed E-state index contributed by atoms with van der Waals surface area (Å²) in [5.74, 6) is 0. The maximum Gasteiger partial charge on any atom is -0.0273 e. The molecule has 16 heavy (non-hydrogen) atoms. The van der Waals surface area contributed by atoms with E-state index in [4.69, 9.17) is 0 Å². The summed E-state index contributed by atoms with van der Waals surface area (Å²) in [7, 11) is 0. The summed E-state index contributed by atoms with van der Waals surface area (Å²) in [6, 6.07) is 0. The third kappa shape index (κ3) is 1.43. The Morgan fingerprint density at radius 2 is 0.750 bits per heavy atom. The lowest BCUT2D eigenvalue weighted by Gasteiger charge is -2.29. The lowest BCUT2D eigenvalue weighted by Crippen LogP contribution is -2.15. The molecule has 0 atom stereocenters. The monoisotopic (exact) mass is 214 g/mol. The number of fused-ring (bicyclic) bond motifs is 2. The lowest BCUT2D eigenvalue weighted by atomic mass is 9.76. The zero-order chi connectivity index (χ0) is 11.1. The average Bonchev–Trinajstić information content (AvgIpc) is 2.36. The van der Waals surface area contributed by atoms with Crippen LogP contribution in [0.2, 0.25) is 0 Å². The van der Waals surface area contributed by atoms with Crippen molar-refractivity contribution in [2.75, 3.05) is 0 Å². The predicted octanol–water partition coefficient (Wildman–Crippen LogP) is 4.06.